The monoisotopic (exact) mass is 648 g/mol. The van der Waals surface area contributed by atoms with Crippen LogP contribution in [-0.2, 0) is 0 Å². The Kier molecular flexibility index (Phi) is 5.92. The summed E-state index contributed by atoms with van der Waals surface area (Å²) in [6, 6.07) is 55.7. The average Bonchev–Trinajstić information content (AvgIpc) is 3.46. The largest absolute Gasteiger partial charge is 0.308 e. The van der Waals surface area contributed by atoms with Crippen molar-refractivity contribution in [3.8, 4) is 39.9 Å². The molecule has 0 radical (unpaired) electrons. The lowest BCUT2D eigenvalue weighted by Crippen LogP contribution is -2.02. The van der Waals surface area contributed by atoms with E-state index in [9.17, 15) is 0 Å². The number of nitrogens with zero attached hydrogens (tertiary/aromatic N) is 4. The predicted octanol–water partition coefficient (Wildman–Crippen LogP) is 11.9. The fourth-order valence-corrected chi connectivity index (χ4v) is 8.10. The highest BCUT2D eigenvalue weighted by atomic mass is 15.0. The summed E-state index contributed by atoms with van der Waals surface area (Å²) in [7, 11) is 0. The fraction of sp³-hybridized carbons (Fsp3) is 0. The molecule has 10 aromatic rings. The molecule has 0 aliphatic heterocycles. The van der Waals surface area contributed by atoms with Crippen LogP contribution in [0, 0.1) is 0 Å². The van der Waals surface area contributed by atoms with E-state index in [-0.39, 0.29) is 0 Å². The van der Waals surface area contributed by atoms with Crippen molar-refractivity contribution in [3.05, 3.63) is 169 Å². The lowest BCUT2D eigenvalue weighted by Gasteiger charge is -2.16. The van der Waals surface area contributed by atoms with Gasteiger partial charge in [-0.15, -0.1) is 0 Å². The third-order valence-electron chi connectivity index (χ3n) is 10.3. The number of hydrogen-bond acceptors (Lipinski definition) is 3. The fourth-order valence-electron chi connectivity index (χ4n) is 8.10. The summed E-state index contributed by atoms with van der Waals surface area (Å²) in [6.07, 6.45) is 4.58. The highest BCUT2D eigenvalue weighted by Gasteiger charge is 2.24. The molecular formula is C47H28N4. The van der Waals surface area contributed by atoms with Crippen LogP contribution in [0.5, 0.6) is 0 Å². The molecule has 4 nitrogen and oxygen atoms in total. The second-order valence-corrected chi connectivity index (χ2v) is 13.2. The van der Waals surface area contributed by atoms with Crippen LogP contribution in [0.3, 0.4) is 0 Å². The van der Waals surface area contributed by atoms with Crippen LogP contribution in [0.15, 0.2) is 158 Å². The third-order valence-corrected chi connectivity index (χ3v) is 10.3. The van der Waals surface area contributed by atoms with Gasteiger partial charge in [0.15, 0.2) is 17.5 Å². The lowest BCUT2D eigenvalue weighted by atomic mass is 9.98. The molecule has 2 heterocycles. The Hall–Kier alpha value is -6.91. The van der Waals surface area contributed by atoms with Gasteiger partial charge in [-0.05, 0) is 56.9 Å². The molecule has 4 heteroatoms. The molecule has 0 atom stereocenters. The van der Waals surface area contributed by atoms with E-state index >= 15 is 0 Å². The molecule has 11 rings (SSSR count). The van der Waals surface area contributed by atoms with Crippen molar-refractivity contribution < 1.29 is 0 Å². The van der Waals surface area contributed by atoms with E-state index in [2.05, 4.69) is 138 Å². The van der Waals surface area contributed by atoms with Gasteiger partial charge in [0.1, 0.15) is 0 Å². The van der Waals surface area contributed by atoms with Crippen molar-refractivity contribution in [2.75, 3.05) is 0 Å². The lowest BCUT2D eigenvalue weighted by molar-refractivity contribution is 1.08. The van der Waals surface area contributed by atoms with Gasteiger partial charge >= 0.3 is 0 Å². The first-order chi connectivity index (χ1) is 25.3. The smallest absolute Gasteiger partial charge is 0.164 e. The molecule has 0 unspecified atom stereocenters. The van der Waals surface area contributed by atoms with Gasteiger partial charge in [-0.25, -0.2) is 15.0 Å². The van der Waals surface area contributed by atoms with Crippen LogP contribution in [0.4, 0.5) is 0 Å². The van der Waals surface area contributed by atoms with Crippen molar-refractivity contribution in [1.29, 1.82) is 0 Å². The SMILES string of the molecule is C1=Cc2cc3ccccc3c3c2c2c4c1cccc4ccc2n3-c1ccc(-c2nc(-c3ccccc3)nc(-c3ccccc3)n2)c2ccccc12. The number of benzene rings is 8. The molecule has 8 aromatic carbocycles. The van der Waals surface area contributed by atoms with Gasteiger partial charge in [0.2, 0.25) is 0 Å². The van der Waals surface area contributed by atoms with Crippen molar-refractivity contribution in [1.82, 2.24) is 19.5 Å². The standard InChI is InChI=1S/C47H28N4/c1-3-12-31(13-4-1)45-48-46(32-14-5-2-6-15-32)50-47(49-45)38-25-27-39(37-21-10-9-20-36(37)38)51-40-26-24-30-18-11-17-29-22-23-34-28-33-16-7-8-19-35(33)44(51)42(34)43(40)41(29)30/h1-28H. The van der Waals surface area contributed by atoms with Crippen molar-refractivity contribution in [3.63, 3.8) is 0 Å². The van der Waals surface area contributed by atoms with Crippen LogP contribution in [-0.4, -0.2) is 19.5 Å². The number of rotatable bonds is 4. The molecule has 0 N–H and O–H groups in total. The van der Waals surface area contributed by atoms with Crippen molar-refractivity contribution in [2.24, 2.45) is 0 Å². The van der Waals surface area contributed by atoms with Gasteiger partial charge in [0.25, 0.3) is 0 Å². The van der Waals surface area contributed by atoms with Crippen LogP contribution < -0.4 is 0 Å². The quantitative estimate of drug-likeness (QED) is 0.191. The molecule has 0 fully saturated rings. The van der Waals surface area contributed by atoms with E-state index < -0.39 is 0 Å². The second kappa shape index (κ2) is 10.8. The van der Waals surface area contributed by atoms with Crippen molar-refractivity contribution in [2.45, 2.75) is 0 Å². The summed E-state index contributed by atoms with van der Waals surface area (Å²) in [4.78, 5) is 15.2. The topological polar surface area (TPSA) is 43.6 Å². The molecule has 0 saturated heterocycles. The molecule has 0 saturated carbocycles. The maximum absolute atomic E-state index is 5.11. The van der Waals surface area contributed by atoms with Crippen LogP contribution in [0.1, 0.15) is 11.1 Å². The number of fused-ring (bicyclic) bond motifs is 3. The van der Waals surface area contributed by atoms with Gasteiger partial charge in [-0.1, -0.05) is 146 Å². The van der Waals surface area contributed by atoms with E-state index in [1.54, 1.807) is 0 Å². The molecule has 0 spiro atoms. The Morgan fingerprint density at radius 2 is 1.02 bits per heavy atom. The Bertz CT molecular complexity index is 3010. The molecule has 1 aliphatic carbocycles. The molecule has 51 heavy (non-hydrogen) atoms. The first-order valence-electron chi connectivity index (χ1n) is 17.3. The summed E-state index contributed by atoms with van der Waals surface area (Å²) >= 11 is 0. The number of hydrogen-bond donors (Lipinski definition) is 0. The molecule has 236 valence electrons. The van der Waals surface area contributed by atoms with Crippen LogP contribution in [0.2, 0.25) is 0 Å². The molecule has 1 aliphatic rings. The average molecular weight is 649 g/mol. The van der Waals surface area contributed by atoms with E-state index in [1.807, 2.05) is 36.4 Å². The minimum atomic E-state index is 0.649. The molecule has 0 bridgehead atoms. The zero-order valence-electron chi connectivity index (χ0n) is 27.5. The Labute approximate surface area is 293 Å². The minimum Gasteiger partial charge on any atom is -0.308 e. The summed E-state index contributed by atoms with van der Waals surface area (Å²) in [5, 5.41) is 9.83. The van der Waals surface area contributed by atoms with E-state index in [0.29, 0.717) is 17.5 Å². The van der Waals surface area contributed by atoms with E-state index in [1.165, 1.54) is 54.5 Å². The van der Waals surface area contributed by atoms with Gasteiger partial charge in [-0.3, -0.25) is 0 Å². The van der Waals surface area contributed by atoms with Crippen molar-refractivity contribution >= 4 is 66.3 Å². The number of aromatic nitrogens is 4. The highest BCUT2D eigenvalue weighted by Crippen LogP contribution is 2.46. The van der Waals surface area contributed by atoms with Gasteiger partial charge < -0.3 is 4.57 Å². The van der Waals surface area contributed by atoms with Gasteiger partial charge in [0, 0.05) is 38.2 Å². The zero-order valence-corrected chi connectivity index (χ0v) is 27.5. The highest BCUT2D eigenvalue weighted by molar-refractivity contribution is 6.31. The van der Waals surface area contributed by atoms with E-state index in [0.717, 1.165) is 33.2 Å². The molecule has 2 aromatic heterocycles. The summed E-state index contributed by atoms with van der Waals surface area (Å²) in [6.45, 7) is 0. The minimum absolute atomic E-state index is 0.649. The first-order valence-corrected chi connectivity index (χ1v) is 17.3. The van der Waals surface area contributed by atoms with Crippen LogP contribution in [0.25, 0.3) is 106 Å². The van der Waals surface area contributed by atoms with Gasteiger partial charge in [-0.2, -0.15) is 0 Å². The maximum atomic E-state index is 5.11. The summed E-state index contributed by atoms with van der Waals surface area (Å²) < 4.78 is 2.50. The maximum Gasteiger partial charge on any atom is 0.164 e. The third kappa shape index (κ3) is 4.17. The Balaban J connectivity index is 1.24. The predicted molar refractivity (Wildman–Crippen MR) is 212 cm³/mol. The normalized spacial score (nSPS) is 12.2. The first kappa shape index (κ1) is 28.0. The molecule has 0 amide bonds. The summed E-state index contributed by atoms with van der Waals surface area (Å²) in [5.41, 5.74) is 8.90. The molecular weight excluding hydrogens is 621 g/mol. The van der Waals surface area contributed by atoms with Gasteiger partial charge in [0.05, 0.1) is 16.7 Å². The Morgan fingerprint density at radius 3 is 1.78 bits per heavy atom. The van der Waals surface area contributed by atoms with Crippen LogP contribution >= 0.6 is 0 Å². The summed E-state index contributed by atoms with van der Waals surface area (Å²) in [5.74, 6) is 1.95. The second-order valence-electron chi connectivity index (χ2n) is 13.2. The Morgan fingerprint density at radius 1 is 0.392 bits per heavy atom. The zero-order chi connectivity index (χ0) is 33.5. The van der Waals surface area contributed by atoms with E-state index in [4.69, 9.17) is 15.0 Å².